The van der Waals surface area contributed by atoms with Crippen LogP contribution in [0.5, 0.6) is 0 Å². The molecule has 0 aliphatic heterocycles. The van der Waals surface area contributed by atoms with Crippen LogP contribution in [0.2, 0.25) is 0 Å². The van der Waals surface area contributed by atoms with E-state index >= 15 is 0 Å². The molecule has 3 aromatic heterocycles. The molecule has 11 rings (SSSR count). The lowest BCUT2D eigenvalue weighted by molar-refractivity contribution is -0.186. The Hall–Kier alpha value is -7.43. The number of halogens is 3. The number of aromatic amines is 1. The van der Waals surface area contributed by atoms with E-state index in [2.05, 4.69) is 290 Å². The molecule has 0 bridgehead atoms. The standard InChI is InChI=1S/C16H17N.C12H14O.C12H14S.C11H13F3.3C11H16.7CH4O/c1-3-11(2)12-8-6-10-15-16(12)13-7-4-5-9-14(13)17-15;1-3-9(2)11-5-4-10-6-7-13-12(10)8-11;1-3-9(2)10-4-5-12-11(8-10)6-7-13-12;1-3-10(2,11(12,13)14)9-7-5-4-6-8-9;3*1-4-11(2,3)10-8-6-5-7-9-10;7*1-2/h4-11,17H,3H2,1-2H3;2*4-9H,3H2,1-2H3;4-8H,3H2,1-2H3;3*5-9H,4H2,1-3H3;7*2H,1H3. The van der Waals surface area contributed by atoms with Crippen LogP contribution in [0.4, 0.5) is 13.2 Å². The second-order valence-corrected chi connectivity index (χ2v) is 27.1. The van der Waals surface area contributed by atoms with Gasteiger partial charge in [-0.3, -0.25) is 0 Å². The molecule has 0 fully saturated rings. The molecule has 578 valence electrons. The van der Waals surface area contributed by atoms with E-state index in [1.54, 1.807) is 31.4 Å². The molecule has 0 saturated carbocycles. The van der Waals surface area contributed by atoms with Gasteiger partial charge >= 0.3 is 6.18 Å². The van der Waals surface area contributed by atoms with E-state index in [-0.39, 0.29) is 6.42 Å². The second kappa shape index (κ2) is 56.0. The van der Waals surface area contributed by atoms with Crippen molar-refractivity contribution in [2.24, 2.45) is 0 Å². The molecule has 0 aliphatic carbocycles. The first kappa shape index (κ1) is 101. The zero-order valence-corrected chi connectivity index (χ0v) is 68.4. The molecule has 3 heterocycles. The Morgan fingerprint density at radius 2 is 0.750 bits per heavy atom. The Labute approximate surface area is 630 Å². The molecule has 0 saturated heterocycles. The Bertz CT molecular complexity index is 3590. The normalized spacial score (nSPS) is 11.8. The Morgan fingerprint density at radius 3 is 1.14 bits per heavy atom. The van der Waals surface area contributed by atoms with Crippen molar-refractivity contribution in [3.63, 3.8) is 0 Å². The van der Waals surface area contributed by atoms with Crippen LogP contribution in [0.15, 0.2) is 228 Å². The molecule has 11 aromatic rings. The summed E-state index contributed by atoms with van der Waals surface area (Å²) >= 11 is 1.82. The number of thiophene rings is 1. The van der Waals surface area contributed by atoms with Crippen molar-refractivity contribution in [3.8, 4) is 0 Å². The van der Waals surface area contributed by atoms with Gasteiger partial charge in [0, 0.05) is 81.7 Å². The monoisotopic (exact) mass is 1460 g/mol. The van der Waals surface area contributed by atoms with Crippen LogP contribution >= 0.6 is 11.3 Å². The molecule has 104 heavy (non-hydrogen) atoms. The first-order valence-electron chi connectivity index (χ1n) is 36.2. The summed E-state index contributed by atoms with van der Waals surface area (Å²) in [6.45, 7) is 36.7. The van der Waals surface area contributed by atoms with Crippen molar-refractivity contribution < 1.29 is 53.3 Å². The number of benzene rings is 8. The maximum atomic E-state index is 12.8. The van der Waals surface area contributed by atoms with Gasteiger partial charge < -0.3 is 45.1 Å². The van der Waals surface area contributed by atoms with Gasteiger partial charge in [-0.15, -0.1) is 11.3 Å². The zero-order valence-electron chi connectivity index (χ0n) is 67.6. The minimum Gasteiger partial charge on any atom is -0.464 e. The van der Waals surface area contributed by atoms with Crippen molar-refractivity contribution in [1.29, 1.82) is 0 Å². The molecule has 0 aliphatic rings. The van der Waals surface area contributed by atoms with E-state index < -0.39 is 11.6 Å². The van der Waals surface area contributed by atoms with Crippen LogP contribution in [0.3, 0.4) is 0 Å². The lowest BCUT2D eigenvalue weighted by Gasteiger charge is -2.31. The van der Waals surface area contributed by atoms with Gasteiger partial charge in [-0.25, -0.2) is 0 Å². The number of hydrogen-bond donors (Lipinski definition) is 8. The fourth-order valence-electron chi connectivity index (χ4n) is 10.3. The third-order valence-corrected chi connectivity index (χ3v) is 20.0. The quantitative estimate of drug-likeness (QED) is 0.0532. The van der Waals surface area contributed by atoms with Crippen molar-refractivity contribution in [3.05, 3.63) is 263 Å². The number of hydrogen-bond acceptors (Lipinski definition) is 9. The van der Waals surface area contributed by atoms with Gasteiger partial charge in [0.15, 0.2) is 0 Å². The van der Waals surface area contributed by atoms with Crippen LogP contribution in [0.1, 0.15) is 219 Å². The van der Waals surface area contributed by atoms with Crippen molar-refractivity contribution in [2.75, 3.05) is 49.8 Å². The molecule has 8 N–H and O–H groups in total. The Kier molecular flexibility index (Phi) is 54.2. The first-order chi connectivity index (χ1) is 49.8. The summed E-state index contributed by atoms with van der Waals surface area (Å²) in [5.41, 5.74) is 11.7. The molecule has 0 amide bonds. The summed E-state index contributed by atoms with van der Waals surface area (Å²) in [6.07, 6.45) is 4.75. The highest BCUT2D eigenvalue weighted by Gasteiger charge is 2.50. The van der Waals surface area contributed by atoms with E-state index in [1.165, 1.54) is 128 Å². The van der Waals surface area contributed by atoms with Gasteiger partial charge in [0.25, 0.3) is 0 Å². The molecule has 0 spiro atoms. The highest BCUT2D eigenvalue weighted by molar-refractivity contribution is 7.17. The summed E-state index contributed by atoms with van der Waals surface area (Å²) in [7, 11) is 7.00. The van der Waals surface area contributed by atoms with E-state index in [0.29, 0.717) is 39.6 Å². The summed E-state index contributed by atoms with van der Waals surface area (Å²) in [5.74, 6) is 1.91. The van der Waals surface area contributed by atoms with Crippen molar-refractivity contribution >= 4 is 54.2 Å². The van der Waals surface area contributed by atoms with Gasteiger partial charge in [-0.05, 0) is 172 Å². The predicted molar refractivity (Wildman–Crippen MR) is 446 cm³/mol. The number of H-pyrrole nitrogens is 1. The van der Waals surface area contributed by atoms with Crippen LogP contribution in [0.25, 0.3) is 42.9 Å². The minimum absolute atomic E-state index is 0.0561. The third-order valence-electron chi connectivity index (χ3n) is 19.1. The summed E-state index contributed by atoms with van der Waals surface area (Å²) in [6, 6.07) is 72.6. The van der Waals surface area contributed by atoms with Crippen LogP contribution in [-0.2, 0) is 21.7 Å². The number of fused-ring (bicyclic) bond motifs is 5. The Morgan fingerprint density at radius 1 is 0.375 bits per heavy atom. The third kappa shape index (κ3) is 32.9. The van der Waals surface area contributed by atoms with Crippen LogP contribution in [-0.4, -0.2) is 96.7 Å². The largest absolute Gasteiger partial charge is 0.464 e. The molecule has 0 radical (unpaired) electrons. The lowest BCUT2D eigenvalue weighted by atomic mass is 9.79. The molecule has 8 aromatic carbocycles. The zero-order chi connectivity index (χ0) is 80.1. The van der Waals surface area contributed by atoms with Crippen LogP contribution in [0, 0.1) is 0 Å². The topological polar surface area (TPSA) is 171 Å². The number of aliphatic hydroxyl groups is 7. The highest BCUT2D eigenvalue weighted by Crippen LogP contribution is 2.43. The van der Waals surface area contributed by atoms with Crippen molar-refractivity contribution in [2.45, 2.75) is 208 Å². The average Bonchev–Trinajstić information content (AvgIpc) is 1.73. The maximum Gasteiger partial charge on any atom is 0.398 e. The fraction of sp³-hybridized carbons (Fsp3) is 0.429. The summed E-state index contributed by atoms with van der Waals surface area (Å²) in [5, 5.41) is 56.5. The number of aromatic nitrogens is 1. The molecular weight excluding hydrogens is 1320 g/mol. The number of alkyl halides is 3. The maximum absolute atomic E-state index is 12.8. The van der Waals surface area contributed by atoms with Gasteiger partial charge in [0.05, 0.1) is 11.7 Å². The molecule has 9 nitrogen and oxygen atoms in total. The summed E-state index contributed by atoms with van der Waals surface area (Å²) in [4.78, 5) is 3.50. The molecule has 4 unspecified atom stereocenters. The van der Waals surface area contributed by atoms with E-state index in [0.717, 1.165) is 55.4 Å². The van der Waals surface area contributed by atoms with Crippen molar-refractivity contribution in [1.82, 2.24) is 4.98 Å². The first-order valence-corrected chi connectivity index (χ1v) is 37.1. The number of nitrogens with one attached hydrogen (secondary N) is 1. The second-order valence-electron chi connectivity index (χ2n) is 26.2. The molecular formula is C91H134F3NO8S. The highest BCUT2D eigenvalue weighted by atomic mass is 32.1. The lowest BCUT2D eigenvalue weighted by Crippen LogP contribution is -2.38. The van der Waals surface area contributed by atoms with E-state index in [4.69, 9.17) is 40.2 Å². The van der Waals surface area contributed by atoms with E-state index in [1.807, 2.05) is 17.4 Å². The van der Waals surface area contributed by atoms with E-state index in [9.17, 15) is 13.2 Å². The SMILES string of the molecule is CCC(C)(C)c1ccccc1.CCC(C)(C)c1ccccc1.CCC(C)(C)c1ccccc1.CCC(C)(c1ccccc1)C(F)(F)F.CCC(C)c1ccc2ccoc2c1.CCC(C)c1ccc2sccc2c1.CCC(C)c1cccc2[nH]c3ccccc3c12.CO.CO.CO.CO.CO.CO.CO. The number of para-hydroxylation sites is 1. The molecule has 13 heteroatoms. The predicted octanol–water partition coefficient (Wildman–Crippen LogP) is 24.5. The Balaban J connectivity index is -0.00000112. The summed E-state index contributed by atoms with van der Waals surface area (Å²) < 4.78 is 45.1. The molecule has 4 atom stereocenters. The number of aliphatic hydroxyl groups excluding tert-OH is 7. The minimum atomic E-state index is -4.19. The van der Waals surface area contributed by atoms with Gasteiger partial charge in [0.2, 0.25) is 0 Å². The smallest absolute Gasteiger partial charge is 0.398 e. The average molecular weight is 1460 g/mol. The number of rotatable bonds is 14. The van der Waals surface area contributed by atoms with Gasteiger partial charge in [-0.1, -0.05) is 287 Å². The van der Waals surface area contributed by atoms with Gasteiger partial charge in [-0.2, -0.15) is 13.2 Å². The van der Waals surface area contributed by atoms with Crippen LogP contribution < -0.4 is 0 Å². The number of furan rings is 1. The fourth-order valence-corrected chi connectivity index (χ4v) is 11.0. The van der Waals surface area contributed by atoms with Gasteiger partial charge in [0.1, 0.15) is 5.58 Å².